The average Bonchev–Trinajstić information content (AvgIpc) is 3.21. The maximum absolute atomic E-state index is 12.9. The molecule has 144 valence electrons. The van der Waals surface area contributed by atoms with Gasteiger partial charge in [-0.3, -0.25) is 24.6 Å². The molecule has 3 amide bonds. The molecule has 2 saturated heterocycles. The molecular weight excluding hydrogens is 344 g/mol. The van der Waals surface area contributed by atoms with Crippen LogP contribution >= 0.6 is 0 Å². The maximum Gasteiger partial charge on any atom is 0.255 e. The first-order valence-electron chi connectivity index (χ1n) is 9.67. The summed E-state index contributed by atoms with van der Waals surface area (Å²) >= 11 is 0. The number of likely N-dealkylation sites (tertiary alicyclic amines) is 1. The zero-order valence-corrected chi connectivity index (χ0v) is 15.6. The van der Waals surface area contributed by atoms with Crippen LogP contribution < -0.4 is 11.1 Å². The Balaban J connectivity index is 1.45. The molecule has 0 aliphatic carbocycles. The van der Waals surface area contributed by atoms with E-state index in [0.717, 1.165) is 37.2 Å². The number of nitrogens with two attached hydrogens (primary N) is 1. The van der Waals surface area contributed by atoms with Crippen LogP contribution in [0.3, 0.4) is 0 Å². The lowest BCUT2D eigenvalue weighted by Crippen LogP contribution is -2.52. The number of amides is 3. The minimum absolute atomic E-state index is 0.115. The molecular formula is C20H26N4O3. The Morgan fingerprint density at radius 2 is 2.07 bits per heavy atom. The number of carbonyl (C=O) groups excluding carboxylic acids is 3. The van der Waals surface area contributed by atoms with Crippen LogP contribution in [-0.2, 0) is 22.7 Å². The number of hydrogen-bond acceptors (Lipinski definition) is 5. The van der Waals surface area contributed by atoms with Gasteiger partial charge >= 0.3 is 0 Å². The summed E-state index contributed by atoms with van der Waals surface area (Å²) in [5.74, 6) is -0.217. The molecule has 0 spiro atoms. The van der Waals surface area contributed by atoms with Gasteiger partial charge in [0.25, 0.3) is 5.91 Å². The Labute approximate surface area is 158 Å². The quantitative estimate of drug-likeness (QED) is 0.758. The van der Waals surface area contributed by atoms with E-state index in [1.807, 2.05) is 12.1 Å². The summed E-state index contributed by atoms with van der Waals surface area (Å²) in [6.07, 6.45) is 1.78. The van der Waals surface area contributed by atoms with E-state index in [1.165, 1.54) is 0 Å². The summed E-state index contributed by atoms with van der Waals surface area (Å²) in [6, 6.07) is 5.67. The Bertz CT molecular complexity index is 791. The van der Waals surface area contributed by atoms with Crippen molar-refractivity contribution in [3.63, 3.8) is 0 Å². The summed E-state index contributed by atoms with van der Waals surface area (Å²) < 4.78 is 0. The van der Waals surface area contributed by atoms with Gasteiger partial charge in [0, 0.05) is 37.7 Å². The lowest BCUT2D eigenvalue weighted by Gasteiger charge is -2.29. The molecule has 2 fully saturated rings. The Morgan fingerprint density at radius 1 is 1.26 bits per heavy atom. The molecule has 0 aromatic heterocycles. The number of nitrogens with zero attached hydrogens (tertiary/aromatic N) is 2. The third kappa shape index (κ3) is 3.49. The van der Waals surface area contributed by atoms with Crippen molar-refractivity contribution < 1.29 is 14.4 Å². The fourth-order valence-corrected chi connectivity index (χ4v) is 4.39. The van der Waals surface area contributed by atoms with Crippen LogP contribution in [0.5, 0.6) is 0 Å². The molecule has 1 aromatic carbocycles. The normalized spacial score (nSPS) is 27.0. The monoisotopic (exact) mass is 370 g/mol. The lowest BCUT2D eigenvalue weighted by atomic mass is 10.0. The molecule has 7 heteroatoms. The Hall–Kier alpha value is -2.25. The third-order valence-corrected chi connectivity index (χ3v) is 6.05. The fraction of sp³-hybridized carbons (Fsp3) is 0.550. The van der Waals surface area contributed by atoms with Crippen LogP contribution in [-0.4, -0.2) is 52.7 Å². The molecule has 4 rings (SSSR count). The van der Waals surface area contributed by atoms with Gasteiger partial charge < -0.3 is 10.6 Å². The van der Waals surface area contributed by atoms with E-state index < -0.39 is 6.04 Å². The number of rotatable bonds is 4. The molecule has 1 aromatic rings. The van der Waals surface area contributed by atoms with Crippen LogP contribution in [0.2, 0.25) is 0 Å². The van der Waals surface area contributed by atoms with E-state index in [0.29, 0.717) is 24.4 Å². The maximum atomic E-state index is 12.9. The lowest BCUT2D eigenvalue weighted by molar-refractivity contribution is -0.136. The largest absolute Gasteiger partial charge is 0.328 e. The van der Waals surface area contributed by atoms with Crippen LogP contribution in [0.15, 0.2) is 18.2 Å². The predicted octanol–water partition coefficient (Wildman–Crippen LogP) is 0.617. The minimum atomic E-state index is -0.559. The van der Waals surface area contributed by atoms with Crippen molar-refractivity contribution in [3.8, 4) is 0 Å². The van der Waals surface area contributed by atoms with Gasteiger partial charge in [-0.1, -0.05) is 12.1 Å². The molecule has 0 radical (unpaired) electrons. The number of fused-ring (bicyclic) bond motifs is 1. The third-order valence-electron chi connectivity index (χ3n) is 6.05. The summed E-state index contributed by atoms with van der Waals surface area (Å²) in [7, 11) is 0. The Kier molecular flexibility index (Phi) is 4.74. The molecule has 27 heavy (non-hydrogen) atoms. The highest BCUT2D eigenvalue weighted by molar-refractivity contribution is 6.05. The van der Waals surface area contributed by atoms with E-state index in [4.69, 9.17) is 5.73 Å². The molecule has 3 unspecified atom stereocenters. The second-order valence-electron chi connectivity index (χ2n) is 8.03. The van der Waals surface area contributed by atoms with Gasteiger partial charge in [-0.25, -0.2) is 0 Å². The molecule has 3 aliphatic rings. The summed E-state index contributed by atoms with van der Waals surface area (Å²) in [6.45, 7) is 5.32. The highest BCUT2D eigenvalue weighted by atomic mass is 16.2. The summed E-state index contributed by atoms with van der Waals surface area (Å²) in [5.41, 5.74) is 8.76. The van der Waals surface area contributed by atoms with Crippen molar-refractivity contribution in [2.75, 3.05) is 13.1 Å². The van der Waals surface area contributed by atoms with Crippen molar-refractivity contribution in [2.24, 2.45) is 11.7 Å². The van der Waals surface area contributed by atoms with Gasteiger partial charge in [0.1, 0.15) is 6.04 Å². The average molecular weight is 370 g/mol. The second kappa shape index (κ2) is 7.05. The fourth-order valence-electron chi connectivity index (χ4n) is 4.39. The van der Waals surface area contributed by atoms with E-state index in [-0.39, 0.29) is 30.2 Å². The molecule has 7 nitrogen and oxygen atoms in total. The predicted molar refractivity (Wildman–Crippen MR) is 99.5 cm³/mol. The van der Waals surface area contributed by atoms with Gasteiger partial charge in [-0.05, 0) is 49.4 Å². The first-order chi connectivity index (χ1) is 12.9. The smallest absolute Gasteiger partial charge is 0.255 e. The van der Waals surface area contributed by atoms with Gasteiger partial charge in [-0.15, -0.1) is 0 Å². The number of hydrogen-bond donors (Lipinski definition) is 2. The van der Waals surface area contributed by atoms with Crippen LogP contribution in [0.25, 0.3) is 0 Å². The van der Waals surface area contributed by atoms with E-state index in [1.54, 1.807) is 4.90 Å². The minimum Gasteiger partial charge on any atom is -0.328 e. The van der Waals surface area contributed by atoms with Crippen molar-refractivity contribution in [3.05, 3.63) is 34.9 Å². The molecule has 3 atom stereocenters. The van der Waals surface area contributed by atoms with Crippen molar-refractivity contribution in [1.29, 1.82) is 0 Å². The van der Waals surface area contributed by atoms with Crippen LogP contribution in [0.4, 0.5) is 0 Å². The van der Waals surface area contributed by atoms with Crippen molar-refractivity contribution in [2.45, 2.75) is 51.4 Å². The van der Waals surface area contributed by atoms with E-state index in [9.17, 15) is 14.4 Å². The van der Waals surface area contributed by atoms with Crippen molar-refractivity contribution >= 4 is 17.7 Å². The SMILES string of the molecule is CC(N)C1CCN(Cc2ccc3c(c2)C(=O)N(C2CCC(=O)NC2=O)C3)C1. The molecule has 0 saturated carbocycles. The standard InChI is InChI=1S/C20H26N4O3/c1-12(21)14-6-7-23(10-14)9-13-2-3-15-11-24(20(27)16(15)8-13)17-4-5-18(25)22-19(17)26/h2-3,8,12,14,17H,4-7,9-11,21H2,1H3,(H,22,25,26). The molecule has 0 bridgehead atoms. The molecule has 3 aliphatic heterocycles. The zero-order valence-electron chi connectivity index (χ0n) is 15.6. The number of carbonyl (C=O) groups is 3. The summed E-state index contributed by atoms with van der Waals surface area (Å²) in [4.78, 5) is 40.4. The molecule has 3 N–H and O–H groups in total. The highest BCUT2D eigenvalue weighted by Gasteiger charge is 2.39. The summed E-state index contributed by atoms with van der Waals surface area (Å²) in [5, 5.41) is 2.34. The van der Waals surface area contributed by atoms with Gasteiger partial charge in [0.15, 0.2) is 0 Å². The Morgan fingerprint density at radius 3 is 2.78 bits per heavy atom. The number of nitrogens with one attached hydrogen (secondary N) is 1. The first kappa shape index (κ1) is 18.1. The van der Waals surface area contributed by atoms with Crippen molar-refractivity contribution in [1.82, 2.24) is 15.1 Å². The van der Waals surface area contributed by atoms with E-state index in [2.05, 4.69) is 23.2 Å². The first-order valence-corrected chi connectivity index (χ1v) is 9.67. The topological polar surface area (TPSA) is 95.7 Å². The van der Waals surface area contributed by atoms with Crippen LogP contribution in [0.1, 0.15) is 47.7 Å². The van der Waals surface area contributed by atoms with Gasteiger partial charge in [0.05, 0.1) is 0 Å². The number of imide groups is 1. The zero-order chi connectivity index (χ0) is 19.1. The van der Waals surface area contributed by atoms with Gasteiger partial charge in [-0.2, -0.15) is 0 Å². The highest BCUT2D eigenvalue weighted by Crippen LogP contribution is 2.29. The number of benzene rings is 1. The van der Waals surface area contributed by atoms with Crippen LogP contribution in [0, 0.1) is 5.92 Å². The van der Waals surface area contributed by atoms with Gasteiger partial charge in [0.2, 0.25) is 11.8 Å². The molecule has 3 heterocycles. The number of piperidine rings is 1. The van der Waals surface area contributed by atoms with E-state index >= 15 is 0 Å². The second-order valence-corrected chi connectivity index (χ2v) is 8.03.